The quantitative estimate of drug-likeness (QED) is 0.458. The molecule has 0 amide bonds. The summed E-state index contributed by atoms with van der Waals surface area (Å²) in [5, 5.41) is 3.53. The summed E-state index contributed by atoms with van der Waals surface area (Å²) in [6.07, 6.45) is 3.72. The largest absolute Gasteiger partial charge is 0.264 e. The van der Waals surface area contributed by atoms with Gasteiger partial charge in [-0.15, -0.1) is 0 Å². The van der Waals surface area contributed by atoms with Crippen LogP contribution in [0.1, 0.15) is 0 Å². The zero-order valence-electron chi connectivity index (χ0n) is 9.67. The normalized spacial score (nSPS) is 11.3. The van der Waals surface area contributed by atoms with Gasteiger partial charge in [0.05, 0.1) is 11.2 Å². The second-order valence-electron chi connectivity index (χ2n) is 4.41. The van der Waals surface area contributed by atoms with Crippen molar-refractivity contribution < 1.29 is 0 Å². The van der Waals surface area contributed by atoms with E-state index in [-0.39, 0.29) is 0 Å². The Balaban J connectivity index is 2.23. The molecule has 0 radical (unpaired) electrons. The van der Waals surface area contributed by atoms with Gasteiger partial charge in [-0.1, -0.05) is 24.3 Å². The molecule has 1 aliphatic carbocycles. The minimum absolute atomic E-state index is 1.03. The van der Waals surface area contributed by atoms with E-state index in [0.717, 1.165) is 16.6 Å². The Hall–Kier alpha value is -2.48. The molecule has 2 nitrogen and oxygen atoms in total. The van der Waals surface area contributed by atoms with E-state index in [1.54, 1.807) is 0 Å². The summed E-state index contributed by atoms with van der Waals surface area (Å²) in [7, 11) is 0. The van der Waals surface area contributed by atoms with E-state index in [1.165, 1.54) is 16.3 Å². The van der Waals surface area contributed by atoms with Crippen LogP contribution in [0.25, 0.3) is 32.9 Å². The Labute approximate surface area is 104 Å². The molecule has 4 rings (SSSR count). The number of benzene rings is 1. The first kappa shape index (κ1) is 9.54. The molecule has 0 unspecified atom stereocenters. The molecule has 2 heteroatoms. The van der Waals surface area contributed by atoms with Gasteiger partial charge in [-0.05, 0) is 29.7 Å². The van der Waals surface area contributed by atoms with Crippen LogP contribution < -0.4 is 0 Å². The maximum Gasteiger partial charge on any atom is 0.0716 e. The highest BCUT2D eigenvalue weighted by Gasteiger charge is 2.10. The van der Waals surface area contributed by atoms with Crippen molar-refractivity contribution in [1.82, 2.24) is 9.97 Å². The molecule has 18 heavy (non-hydrogen) atoms. The van der Waals surface area contributed by atoms with E-state index >= 15 is 0 Å². The third-order valence-electron chi connectivity index (χ3n) is 3.32. The van der Waals surface area contributed by atoms with Crippen molar-refractivity contribution in [2.75, 3.05) is 0 Å². The maximum absolute atomic E-state index is 4.66. The smallest absolute Gasteiger partial charge is 0.0716 e. The van der Waals surface area contributed by atoms with Gasteiger partial charge in [-0.3, -0.25) is 4.98 Å². The van der Waals surface area contributed by atoms with Gasteiger partial charge in [0, 0.05) is 28.7 Å². The summed E-state index contributed by atoms with van der Waals surface area (Å²) < 4.78 is 0. The Morgan fingerprint density at radius 3 is 2.78 bits per heavy atom. The van der Waals surface area contributed by atoms with Crippen LogP contribution in [0.15, 0.2) is 60.9 Å². The summed E-state index contributed by atoms with van der Waals surface area (Å²) in [4.78, 5) is 8.85. The van der Waals surface area contributed by atoms with Crippen LogP contribution in [0, 0.1) is 0 Å². The topological polar surface area (TPSA) is 25.8 Å². The van der Waals surface area contributed by atoms with E-state index in [4.69, 9.17) is 0 Å². The third-order valence-corrected chi connectivity index (χ3v) is 3.32. The molecule has 0 N–H and O–H groups in total. The summed E-state index contributed by atoms with van der Waals surface area (Å²) in [6.45, 7) is 0. The maximum atomic E-state index is 4.66. The monoisotopic (exact) mass is 230 g/mol. The van der Waals surface area contributed by atoms with Gasteiger partial charge in [0.25, 0.3) is 0 Å². The second-order valence-corrected chi connectivity index (χ2v) is 4.41. The zero-order valence-corrected chi connectivity index (χ0v) is 9.67. The lowest BCUT2D eigenvalue weighted by atomic mass is 10.1. The van der Waals surface area contributed by atoms with Gasteiger partial charge >= 0.3 is 0 Å². The Morgan fingerprint density at radius 1 is 0.833 bits per heavy atom. The Morgan fingerprint density at radius 2 is 1.78 bits per heavy atom. The van der Waals surface area contributed by atoms with Gasteiger partial charge in [-0.25, -0.2) is 4.98 Å². The van der Waals surface area contributed by atoms with Crippen LogP contribution in [0.3, 0.4) is 0 Å². The molecule has 0 atom stereocenters. The molecule has 1 aromatic heterocycles. The first-order valence-electron chi connectivity index (χ1n) is 5.94. The van der Waals surface area contributed by atoms with Crippen LogP contribution in [0.2, 0.25) is 0 Å². The van der Waals surface area contributed by atoms with Crippen molar-refractivity contribution in [3.8, 4) is 11.3 Å². The second kappa shape index (κ2) is 3.50. The minimum Gasteiger partial charge on any atom is -0.264 e. The Kier molecular flexibility index (Phi) is 1.86. The number of para-hydroxylation sites is 1. The number of rotatable bonds is 0. The minimum atomic E-state index is 1.03. The number of hydrogen-bond donors (Lipinski definition) is 0. The van der Waals surface area contributed by atoms with Crippen molar-refractivity contribution in [2.24, 2.45) is 0 Å². The molecule has 0 saturated carbocycles. The van der Waals surface area contributed by atoms with E-state index in [2.05, 4.69) is 46.4 Å². The van der Waals surface area contributed by atoms with Crippen molar-refractivity contribution >= 4 is 21.7 Å². The molecule has 1 aromatic carbocycles. The lowest BCUT2D eigenvalue weighted by molar-refractivity contribution is 1.37. The number of hydrogen-bond acceptors (Lipinski definition) is 2. The van der Waals surface area contributed by atoms with Crippen molar-refractivity contribution in [3.63, 3.8) is 0 Å². The van der Waals surface area contributed by atoms with Gasteiger partial charge in [-0.2, -0.15) is 0 Å². The molecule has 0 fully saturated rings. The number of aromatic nitrogens is 2. The molecule has 0 saturated heterocycles. The first-order chi connectivity index (χ1) is 8.92. The van der Waals surface area contributed by atoms with Gasteiger partial charge < -0.3 is 0 Å². The highest BCUT2D eigenvalue weighted by molar-refractivity contribution is 6.00. The molecular formula is C16H10N2. The average molecular weight is 230 g/mol. The fourth-order valence-electron chi connectivity index (χ4n) is 2.42. The first-order valence-corrected chi connectivity index (χ1v) is 5.94. The van der Waals surface area contributed by atoms with E-state index < -0.39 is 0 Å². The van der Waals surface area contributed by atoms with Gasteiger partial charge in [0.2, 0.25) is 0 Å². The van der Waals surface area contributed by atoms with Gasteiger partial charge in [0.1, 0.15) is 0 Å². The number of pyridine rings is 1. The average Bonchev–Trinajstić information content (AvgIpc) is 2.65. The molecule has 2 heterocycles. The predicted molar refractivity (Wildman–Crippen MR) is 73.7 cm³/mol. The summed E-state index contributed by atoms with van der Waals surface area (Å²) in [5.41, 5.74) is 3.27. The van der Waals surface area contributed by atoms with Crippen molar-refractivity contribution in [3.05, 3.63) is 60.9 Å². The summed E-state index contributed by atoms with van der Waals surface area (Å²) in [6, 6.07) is 16.6. The molecular weight excluding hydrogens is 220 g/mol. The van der Waals surface area contributed by atoms with E-state index in [0.29, 0.717) is 0 Å². The predicted octanol–water partition coefficient (Wildman–Crippen LogP) is 3.89. The van der Waals surface area contributed by atoms with Crippen molar-refractivity contribution in [2.45, 2.75) is 0 Å². The van der Waals surface area contributed by atoms with E-state index in [9.17, 15) is 0 Å². The number of nitrogens with zero attached hydrogens (tertiary/aromatic N) is 2. The lowest BCUT2D eigenvalue weighted by Gasteiger charge is -1.92. The van der Waals surface area contributed by atoms with Gasteiger partial charge in [0.15, 0.2) is 0 Å². The fourth-order valence-corrected chi connectivity index (χ4v) is 2.42. The fraction of sp³-hybridized carbons (Fsp3) is 0. The molecule has 1 aliphatic heterocycles. The van der Waals surface area contributed by atoms with Crippen LogP contribution in [-0.4, -0.2) is 9.97 Å². The van der Waals surface area contributed by atoms with Crippen LogP contribution in [0.5, 0.6) is 0 Å². The Bertz CT molecular complexity index is 830. The van der Waals surface area contributed by atoms with Crippen LogP contribution in [-0.2, 0) is 0 Å². The standard InChI is InChI=1S/C16H10N2/c1-2-4-15-13(3-1)14-9-12-10-17-8-7-11(12)5-6-16(14)18-15/h1-10H. The molecule has 2 aliphatic rings. The van der Waals surface area contributed by atoms with Crippen LogP contribution in [0.4, 0.5) is 0 Å². The van der Waals surface area contributed by atoms with Crippen LogP contribution >= 0.6 is 0 Å². The molecule has 84 valence electrons. The highest BCUT2D eigenvalue weighted by atomic mass is 14.7. The SMILES string of the molecule is c1ccc2c3cc4cnccc4ccc-3nc2c1. The zero-order chi connectivity index (χ0) is 11.9. The summed E-state index contributed by atoms with van der Waals surface area (Å²) >= 11 is 0. The molecule has 0 bridgehead atoms. The summed E-state index contributed by atoms with van der Waals surface area (Å²) in [5.74, 6) is 0. The molecule has 2 aromatic rings. The van der Waals surface area contributed by atoms with E-state index in [1.807, 2.05) is 24.5 Å². The highest BCUT2D eigenvalue weighted by Crippen LogP contribution is 2.31. The third kappa shape index (κ3) is 1.29. The lowest BCUT2D eigenvalue weighted by Crippen LogP contribution is -1.70. The van der Waals surface area contributed by atoms with Crippen molar-refractivity contribution in [1.29, 1.82) is 0 Å². The molecule has 0 spiro atoms. The number of fused-ring (bicyclic) bond motifs is 4.